The van der Waals surface area contributed by atoms with Gasteiger partial charge in [-0.3, -0.25) is 0 Å². The fourth-order valence-electron chi connectivity index (χ4n) is 1.16. The molecule has 13 heavy (non-hydrogen) atoms. The predicted molar refractivity (Wildman–Crippen MR) is 51.3 cm³/mol. The van der Waals surface area contributed by atoms with E-state index in [1.165, 1.54) is 12.1 Å². The number of halogens is 2. The summed E-state index contributed by atoms with van der Waals surface area (Å²) in [5, 5.41) is 9.62. The number of rotatable bonds is 3. The lowest BCUT2D eigenvalue weighted by Gasteiger charge is -2.09. The Morgan fingerprint density at radius 1 is 1.54 bits per heavy atom. The van der Waals surface area contributed by atoms with Gasteiger partial charge in [0, 0.05) is 0 Å². The summed E-state index contributed by atoms with van der Waals surface area (Å²) in [5.74, 6) is -0.450. The molecule has 1 aromatic rings. The Morgan fingerprint density at radius 2 is 2.23 bits per heavy atom. The summed E-state index contributed by atoms with van der Waals surface area (Å²) in [7, 11) is 0. The third-order valence-corrected chi connectivity index (χ3v) is 2.18. The van der Waals surface area contributed by atoms with Gasteiger partial charge in [0.15, 0.2) is 0 Å². The summed E-state index contributed by atoms with van der Waals surface area (Å²) >= 11 is 5.57. The van der Waals surface area contributed by atoms with E-state index in [1.807, 2.05) is 6.92 Å². The van der Waals surface area contributed by atoms with Crippen LogP contribution in [-0.2, 0) is 0 Å². The maximum atomic E-state index is 12.7. The fraction of sp³-hybridized carbons (Fsp3) is 0.400. The molecule has 1 N–H and O–H groups in total. The molecule has 0 spiro atoms. The Balaban J connectivity index is 2.84. The molecule has 1 rings (SSSR count). The molecule has 1 atom stereocenters. The van der Waals surface area contributed by atoms with E-state index in [4.69, 9.17) is 11.6 Å². The molecule has 72 valence electrons. The predicted octanol–water partition coefficient (Wildman–Crippen LogP) is 3.31. The average Bonchev–Trinajstić information content (AvgIpc) is 2.10. The standard InChI is InChI=1S/C10H12ClFO/c1-2-3-10(13)7-4-5-9(12)8(11)6-7/h4-6,10,13H,2-3H2,1H3. The number of aliphatic hydroxyl groups excluding tert-OH is 1. The molecule has 0 radical (unpaired) electrons. The van der Waals surface area contributed by atoms with Gasteiger partial charge in [0.05, 0.1) is 11.1 Å². The number of aliphatic hydroxyl groups is 1. The number of benzene rings is 1. The van der Waals surface area contributed by atoms with Crippen molar-refractivity contribution in [2.75, 3.05) is 0 Å². The second-order valence-corrected chi connectivity index (χ2v) is 3.39. The lowest BCUT2D eigenvalue weighted by molar-refractivity contribution is 0.166. The minimum absolute atomic E-state index is 0.0626. The second kappa shape index (κ2) is 4.58. The van der Waals surface area contributed by atoms with E-state index >= 15 is 0 Å². The van der Waals surface area contributed by atoms with Gasteiger partial charge in [-0.1, -0.05) is 31.0 Å². The van der Waals surface area contributed by atoms with Gasteiger partial charge in [0.2, 0.25) is 0 Å². The summed E-state index contributed by atoms with van der Waals surface area (Å²) in [6.07, 6.45) is 1.01. The quantitative estimate of drug-likeness (QED) is 0.798. The van der Waals surface area contributed by atoms with Gasteiger partial charge >= 0.3 is 0 Å². The van der Waals surface area contributed by atoms with Crippen LogP contribution < -0.4 is 0 Å². The van der Waals surface area contributed by atoms with Gasteiger partial charge in [-0.05, 0) is 24.1 Å². The molecule has 0 aliphatic rings. The topological polar surface area (TPSA) is 20.2 Å². The number of hydrogen-bond acceptors (Lipinski definition) is 1. The molecule has 0 aromatic heterocycles. The highest BCUT2D eigenvalue weighted by Crippen LogP contribution is 2.23. The summed E-state index contributed by atoms with van der Waals surface area (Å²) in [5.41, 5.74) is 0.674. The van der Waals surface area contributed by atoms with Gasteiger partial charge in [-0.15, -0.1) is 0 Å². The van der Waals surface area contributed by atoms with Crippen LogP contribution in [0.2, 0.25) is 5.02 Å². The van der Waals surface area contributed by atoms with Gasteiger partial charge in [0.1, 0.15) is 5.82 Å². The lowest BCUT2D eigenvalue weighted by Crippen LogP contribution is -1.96. The summed E-state index contributed by atoms with van der Waals surface area (Å²) in [6, 6.07) is 4.30. The zero-order valence-corrected chi connectivity index (χ0v) is 8.18. The van der Waals surface area contributed by atoms with Crippen LogP contribution in [0.15, 0.2) is 18.2 Å². The van der Waals surface area contributed by atoms with Gasteiger partial charge in [0.25, 0.3) is 0 Å². The third-order valence-electron chi connectivity index (χ3n) is 1.89. The van der Waals surface area contributed by atoms with Crippen LogP contribution in [0, 0.1) is 5.82 Å². The van der Waals surface area contributed by atoms with Crippen molar-refractivity contribution < 1.29 is 9.50 Å². The van der Waals surface area contributed by atoms with E-state index in [2.05, 4.69) is 0 Å². The van der Waals surface area contributed by atoms with E-state index in [9.17, 15) is 9.50 Å². The first-order valence-electron chi connectivity index (χ1n) is 4.28. The van der Waals surface area contributed by atoms with E-state index < -0.39 is 11.9 Å². The Kier molecular flexibility index (Phi) is 3.70. The third kappa shape index (κ3) is 2.68. The second-order valence-electron chi connectivity index (χ2n) is 2.98. The minimum atomic E-state index is -0.539. The Morgan fingerprint density at radius 3 is 2.77 bits per heavy atom. The first-order valence-corrected chi connectivity index (χ1v) is 4.66. The first kappa shape index (κ1) is 10.5. The van der Waals surface area contributed by atoms with Crippen LogP contribution in [0.1, 0.15) is 31.4 Å². The Hall–Kier alpha value is -0.600. The molecule has 0 aliphatic heterocycles. The maximum absolute atomic E-state index is 12.7. The van der Waals surface area contributed by atoms with Crippen molar-refractivity contribution in [3.63, 3.8) is 0 Å². The molecule has 1 unspecified atom stereocenters. The molecule has 0 amide bonds. The summed E-state index contributed by atoms with van der Waals surface area (Å²) in [4.78, 5) is 0. The van der Waals surface area contributed by atoms with Crippen molar-refractivity contribution >= 4 is 11.6 Å². The van der Waals surface area contributed by atoms with Crippen LogP contribution in [0.4, 0.5) is 4.39 Å². The van der Waals surface area contributed by atoms with Crippen LogP contribution in [0.5, 0.6) is 0 Å². The molecule has 1 aromatic carbocycles. The maximum Gasteiger partial charge on any atom is 0.141 e. The largest absolute Gasteiger partial charge is 0.388 e. The van der Waals surface area contributed by atoms with E-state index in [0.29, 0.717) is 12.0 Å². The molecule has 0 saturated heterocycles. The molecule has 0 fully saturated rings. The normalized spacial score (nSPS) is 12.9. The molecule has 0 bridgehead atoms. The van der Waals surface area contributed by atoms with Crippen LogP contribution >= 0.6 is 11.6 Å². The molecule has 1 nitrogen and oxygen atoms in total. The minimum Gasteiger partial charge on any atom is -0.388 e. The van der Waals surface area contributed by atoms with Crippen LogP contribution in [-0.4, -0.2) is 5.11 Å². The van der Waals surface area contributed by atoms with Crippen LogP contribution in [0.25, 0.3) is 0 Å². The molecular formula is C10H12ClFO. The SMILES string of the molecule is CCCC(O)c1ccc(F)c(Cl)c1. The van der Waals surface area contributed by atoms with E-state index in [1.54, 1.807) is 6.07 Å². The monoisotopic (exact) mass is 202 g/mol. The first-order chi connectivity index (χ1) is 6.15. The fourth-order valence-corrected chi connectivity index (χ4v) is 1.35. The van der Waals surface area contributed by atoms with Crippen molar-refractivity contribution in [3.8, 4) is 0 Å². The van der Waals surface area contributed by atoms with Crippen molar-refractivity contribution in [3.05, 3.63) is 34.6 Å². The van der Waals surface area contributed by atoms with Crippen molar-refractivity contribution in [2.45, 2.75) is 25.9 Å². The van der Waals surface area contributed by atoms with E-state index in [0.717, 1.165) is 6.42 Å². The summed E-state index contributed by atoms with van der Waals surface area (Å²) < 4.78 is 12.7. The highest BCUT2D eigenvalue weighted by atomic mass is 35.5. The van der Waals surface area contributed by atoms with Crippen molar-refractivity contribution in [2.24, 2.45) is 0 Å². The Labute approximate surface area is 82.2 Å². The Bertz CT molecular complexity index is 288. The molecule has 0 saturated carbocycles. The highest BCUT2D eigenvalue weighted by Gasteiger charge is 2.08. The van der Waals surface area contributed by atoms with Crippen molar-refractivity contribution in [1.82, 2.24) is 0 Å². The van der Waals surface area contributed by atoms with Gasteiger partial charge < -0.3 is 5.11 Å². The molecule has 3 heteroatoms. The van der Waals surface area contributed by atoms with E-state index in [-0.39, 0.29) is 5.02 Å². The van der Waals surface area contributed by atoms with Gasteiger partial charge in [-0.25, -0.2) is 4.39 Å². The molecular weight excluding hydrogens is 191 g/mol. The lowest BCUT2D eigenvalue weighted by atomic mass is 10.1. The van der Waals surface area contributed by atoms with Crippen molar-refractivity contribution in [1.29, 1.82) is 0 Å². The average molecular weight is 203 g/mol. The van der Waals surface area contributed by atoms with Crippen LogP contribution in [0.3, 0.4) is 0 Å². The molecule has 0 heterocycles. The smallest absolute Gasteiger partial charge is 0.141 e. The zero-order valence-electron chi connectivity index (χ0n) is 7.43. The zero-order chi connectivity index (χ0) is 9.84. The highest BCUT2D eigenvalue weighted by molar-refractivity contribution is 6.30. The number of hydrogen-bond donors (Lipinski definition) is 1. The summed E-state index contributed by atoms with van der Waals surface area (Å²) in [6.45, 7) is 1.98. The molecule has 0 aliphatic carbocycles. The van der Waals surface area contributed by atoms with Gasteiger partial charge in [-0.2, -0.15) is 0 Å².